The molecule has 1 aromatic rings. The number of esters is 1. The van der Waals surface area contributed by atoms with Gasteiger partial charge < -0.3 is 9.47 Å². The van der Waals surface area contributed by atoms with Crippen molar-refractivity contribution in [3.63, 3.8) is 0 Å². The smallest absolute Gasteiger partial charge is 0.344 e. The Morgan fingerprint density at radius 1 is 1.33 bits per heavy atom. The Balaban J connectivity index is 2.30. The highest BCUT2D eigenvalue weighted by molar-refractivity contribution is 5.71. The third-order valence-corrected chi connectivity index (χ3v) is 1.64. The average Bonchev–Trinajstić information content (AvgIpc) is 2.25. The van der Waals surface area contributed by atoms with Gasteiger partial charge in [0.15, 0.2) is 6.61 Å². The normalized spacial score (nSPS) is 9.73. The van der Waals surface area contributed by atoms with E-state index in [0.29, 0.717) is 12.4 Å². The van der Waals surface area contributed by atoms with Crippen LogP contribution in [0.15, 0.2) is 24.3 Å². The van der Waals surface area contributed by atoms with Gasteiger partial charge in [-0.3, -0.25) is 0 Å². The summed E-state index contributed by atoms with van der Waals surface area (Å²) in [6.07, 6.45) is 0.780. The monoisotopic (exact) mass is 212 g/mol. The van der Waals surface area contributed by atoms with Gasteiger partial charge in [0.2, 0.25) is 0 Å². The van der Waals surface area contributed by atoms with Gasteiger partial charge in [-0.1, -0.05) is 6.92 Å². The number of carbonyl (C=O) groups excluding carboxylic acids is 1. The second-order valence-corrected chi connectivity index (χ2v) is 2.96. The van der Waals surface area contributed by atoms with E-state index in [4.69, 9.17) is 9.47 Å². The van der Waals surface area contributed by atoms with Crippen LogP contribution in [0.2, 0.25) is 0 Å². The molecule has 0 aliphatic rings. The number of rotatable bonds is 5. The molecule has 0 amide bonds. The van der Waals surface area contributed by atoms with Gasteiger partial charge >= 0.3 is 5.97 Å². The summed E-state index contributed by atoms with van der Waals surface area (Å²) < 4.78 is 22.4. The highest BCUT2D eigenvalue weighted by Gasteiger charge is 2.03. The van der Waals surface area contributed by atoms with Gasteiger partial charge in [-0.15, -0.1) is 0 Å². The van der Waals surface area contributed by atoms with Crippen LogP contribution in [0.4, 0.5) is 4.39 Å². The zero-order valence-electron chi connectivity index (χ0n) is 8.53. The van der Waals surface area contributed by atoms with Gasteiger partial charge in [-0.25, -0.2) is 9.18 Å². The molecule has 15 heavy (non-hydrogen) atoms. The average molecular weight is 212 g/mol. The minimum atomic E-state index is -0.416. The maximum absolute atomic E-state index is 12.5. The van der Waals surface area contributed by atoms with E-state index in [9.17, 15) is 9.18 Å². The van der Waals surface area contributed by atoms with E-state index in [1.165, 1.54) is 24.3 Å². The van der Waals surface area contributed by atoms with Gasteiger partial charge in [0.25, 0.3) is 0 Å². The summed E-state index contributed by atoms with van der Waals surface area (Å²) >= 11 is 0. The lowest BCUT2D eigenvalue weighted by molar-refractivity contribution is -0.146. The molecule has 0 atom stereocenters. The minimum Gasteiger partial charge on any atom is -0.482 e. The van der Waals surface area contributed by atoms with Gasteiger partial charge in [0.05, 0.1) is 6.61 Å². The molecule has 1 aromatic carbocycles. The second-order valence-electron chi connectivity index (χ2n) is 2.96. The molecule has 1 rings (SSSR count). The number of carbonyl (C=O) groups is 1. The van der Waals surface area contributed by atoms with Crippen molar-refractivity contribution in [3.05, 3.63) is 30.1 Å². The summed E-state index contributed by atoms with van der Waals surface area (Å²) in [7, 11) is 0. The van der Waals surface area contributed by atoms with Crippen LogP contribution >= 0.6 is 0 Å². The molecule has 0 fully saturated rings. The lowest BCUT2D eigenvalue weighted by atomic mass is 10.3. The van der Waals surface area contributed by atoms with Gasteiger partial charge in [0.1, 0.15) is 11.6 Å². The van der Waals surface area contributed by atoms with Crippen molar-refractivity contribution in [1.82, 2.24) is 0 Å². The fourth-order valence-electron chi connectivity index (χ4n) is 0.931. The molecule has 0 aromatic heterocycles. The largest absolute Gasteiger partial charge is 0.482 e. The van der Waals surface area contributed by atoms with E-state index in [0.717, 1.165) is 6.42 Å². The molecule has 82 valence electrons. The summed E-state index contributed by atoms with van der Waals surface area (Å²) in [6, 6.07) is 5.46. The molecule has 3 nitrogen and oxygen atoms in total. The quantitative estimate of drug-likeness (QED) is 0.701. The third kappa shape index (κ3) is 4.44. The lowest BCUT2D eigenvalue weighted by Gasteiger charge is -2.05. The van der Waals surface area contributed by atoms with Crippen LogP contribution in [-0.2, 0) is 9.53 Å². The van der Waals surface area contributed by atoms with Crippen LogP contribution in [0, 0.1) is 5.82 Å². The topological polar surface area (TPSA) is 35.5 Å². The zero-order valence-corrected chi connectivity index (χ0v) is 8.53. The van der Waals surface area contributed by atoms with Crippen LogP contribution in [0.1, 0.15) is 13.3 Å². The van der Waals surface area contributed by atoms with E-state index >= 15 is 0 Å². The Morgan fingerprint density at radius 3 is 2.60 bits per heavy atom. The Hall–Kier alpha value is -1.58. The van der Waals surface area contributed by atoms with Crippen molar-refractivity contribution < 1.29 is 18.7 Å². The van der Waals surface area contributed by atoms with Gasteiger partial charge in [0, 0.05) is 0 Å². The number of halogens is 1. The molecule has 0 bridgehead atoms. The molecule has 0 saturated carbocycles. The molecule has 4 heteroatoms. The maximum atomic E-state index is 12.5. The Morgan fingerprint density at radius 2 is 2.00 bits per heavy atom. The molecular weight excluding hydrogens is 199 g/mol. The van der Waals surface area contributed by atoms with Crippen molar-refractivity contribution in [2.45, 2.75) is 13.3 Å². The Labute approximate surface area is 87.8 Å². The predicted molar refractivity (Wildman–Crippen MR) is 53.1 cm³/mol. The predicted octanol–water partition coefficient (Wildman–Crippen LogP) is 2.16. The van der Waals surface area contributed by atoms with Crippen LogP contribution < -0.4 is 4.74 Å². The molecule has 0 aliphatic heterocycles. The fourth-order valence-corrected chi connectivity index (χ4v) is 0.931. The standard InChI is InChI=1S/C11H13FO3/c1-2-7-14-11(13)8-15-10-5-3-9(12)4-6-10/h3-6H,2,7-8H2,1H3. The highest BCUT2D eigenvalue weighted by Crippen LogP contribution is 2.10. The van der Waals surface area contributed by atoms with Crippen LogP contribution in [0.25, 0.3) is 0 Å². The van der Waals surface area contributed by atoms with E-state index in [1.54, 1.807) is 0 Å². The van der Waals surface area contributed by atoms with Crippen molar-refractivity contribution in [2.24, 2.45) is 0 Å². The third-order valence-electron chi connectivity index (χ3n) is 1.64. The molecule has 0 aliphatic carbocycles. The molecule has 0 saturated heterocycles. The fraction of sp³-hybridized carbons (Fsp3) is 0.364. The first-order valence-corrected chi connectivity index (χ1v) is 4.76. The van der Waals surface area contributed by atoms with Crippen molar-refractivity contribution >= 4 is 5.97 Å². The van der Waals surface area contributed by atoms with E-state index in [1.807, 2.05) is 6.92 Å². The Bertz CT molecular complexity index is 308. The number of hydrogen-bond acceptors (Lipinski definition) is 3. The first kappa shape index (κ1) is 11.5. The summed E-state index contributed by atoms with van der Waals surface area (Å²) in [4.78, 5) is 11.0. The van der Waals surface area contributed by atoms with Gasteiger partial charge in [-0.05, 0) is 30.7 Å². The summed E-state index contributed by atoms with van der Waals surface area (Å²) in [5.74, 6) is -0.304. The highest BCUT2D eigenvalue weighted by atomic mass is 19.1. The summed E-state index contributed by atoms with van der Waals surface area (Å²) in [5.41, 5.74) is 0. The van der Waals surface area contributed by atoms with Crippen LogP contribution in [0.5, 0.6) is 5.75 Å². The maximum Gasteiger partial charge on any atom is 0.344 e. The molecular formula is C11H13FO3. The first-order chi connectivity index (χ1) is 7.22. The zero-order chi connectivity index (χ0) is 11.1. The second kappa shape index (κ2) is 6.01. The SMILES string of the molecule is CCCOC(=O)COc1ccc(F)cc1. The molecule has 0 unspecified atom stereocenters. The van der Waals surface area contributed by atoms with Crippen molar-refractivity contribution in [1.29, 1.82) is 0 Å². The summed E-state index contributed by atoms with van der Waals surface area (Å²) in [5, 5.41) is 0. The first-order valence-electron chi connectivity index (χ1n) is 4.76. The van der Waals surface area contributed by atoms with E-state index in [-0.39, 0.29) is 12.4 Å². The van der Waals surface area contributed by atoms with E-state index in [2.05, 4.69) is 0 Å². The number of ether oxygens (including phenoxy) is 2. The Kier molecular flexibility index (Phi) is 4.60. The summed E-state index contributed by atoms with van der Waals surface area (Å²) in [6.45, 7) is 2.16. The number of benzene rings is 1. The van der Waals surface area contributed by atoms with E-state index < -0.39 is 5.97 Å². The molecule has 0 radical (unpaired) electrons. The number of hydrogen-bond donors (Lipinski definition) is 0. The van der Waals surface area contributed by atoms with Crippen LogP contribution in [-0.4, -0.2) is 19.2 Å². The van der Waals surface area contributed by atoms with Crippen LogP contribution in [0.3, 0.4) is 0 Å². The van der Waals surface area contributed by atoms with Gasteiger partial charge in [-0.2, -0.15) is 0 Å². The molecule has 0 heterocycles. The minimum absolute atomic E-state index is 0.147. The van der Waals surface area contributed by atoms with Crippen molar-refractivity contribution in [2.75, 3.05) is 13.2 Å². The molecule has 0 spiro atoms. The lowest BCUT2D eigenvalue weighted by Crippen LogP contribution is -2.15. The van der Waals surface area contributed by atoms with Crippen molar-refractivity contribution in [3.8, 4) is 5.75 Å². The molecule has 0 N–H and O–H groups in total.